The van der Waals surface area contributed by atoms with Crippen LogP contribution < -0.4 is 15.1 Å². The second-order valence-corrected chi connectivity index (χ2v) is 7.37. The van der Waals surface area contributed by atoms with Crippen molar-refractivity contribution in [3.05, 3.63) is 36.3 Å². The Balaban J connectivity index is 1.63. The molecule has 1 saturated heterocycles. The summed E-state index contributed by atoms with van der Waals surface area (Å²) >= 11 is 0. The summed E-state index contributed by atoms with van der Waals surface area (Å²) in [5.74, 6) is -2.13. The molecule has 0 aromatic carbocycles. The molecule has 0 radical (unpaired) electrons. The van der Waals surface area contributed by atoms with Gasteiger partial charge in [0.1, 0.15) is 5.69 Å². The number of pyridine rings is 1. The van der Waals surface area contributed by atoms with Crippen molar-refractivity contribution in [2.75, 3.05) is 28.2 Å². The molecule has 30 heavy (non-hydrogen) atoms. The van der Waals surface area contributed by atoms with Crippen LogP contribution in [0.3, 0.4) is 0 Å². The molecule has 1 fully saturated rings. The van der Waals surface area contributed by atoms with Crippen molar-refractivity contribution in [3.8, 4) is 0 Å². The van der Waals surface area contributed by atoms with Crippen LogP contribution >= 0.6 is 0 Å². The minimum atomic E-state index is -4.46. The van der Waals surface area contributed by atoms with Crippen LogP contribution in [0.25, 0.3) is 0 Å². The Kier molecular flexibility index (Phi) is 5.04. The fourth-order valence-electron chi connectivity index (χ4n) is 3.64. The zero-order valence-electron chi connectivity index (χ0n) is 16.1. The van der Waals surface area contributed by atoms with Crippen molar-refractivity contribution in [2.45, 2.75) is 32.0 Å². The van der Waals surface area contributed by atoms with Crippen molar-refractivity contribution in [2.24, 2.45) is 5.92 Å². The van der Waals surface area contributed by atoms with Crippen molar-refractivity contribution in [3.63, 3.8) is 0 Å². The smallest absolute Gasteiger partial charge is 0.366 e. The highest BCUT2D eigenvalue weighted by atomic mass is 19.4. The molecule has 2 aromatic rings. The summed E-state index contributed by atoms with van der Waals surface area (Å²) < 4.78 is 38.5. The van der Waals surface area contributed by atoms with Crippen LogP contribution in [0.15, 0.2) is 30.6 Å². The lowest BCUT2D eigenvalue weighted by Crippen LogP contribution is -2.48. The number of carbonyl (C=O) groups is 2. The van der Waals surface area contributed by atoms with Crippen LogP contribution in [-0.4, -0.2) is 52.1 Å². The molecule has 2 amide bonds. The van der Waals surface area contributed by atoms with Crippen LogP contribution in [0.2, 0.25) is 0 Å². The highest BCUT2D eigenvalue weighted by Crippen LogP contribution is 2.39. The predicted octanol–water partition coefficient (Wildman–Crippen LogP) is 3.27. The molecule has 2 aromatic heterocycles. The van der Waals surface area contributed by atoms with Crippen LogP contribution in [0.5, 0.6) is 0 Å². The number of rotatable bonds is 4. The zero-order chi connectivity index (χ0) is 21.5. The van der Waals surface area contributed by atoms with Gasteiger partial charge in [-0.1, -0.05) is 6.92 Å². The molecule has 158 valence electrons. The first kappa shape index (κ1) is 20.0. The van der Waals surface area contributed by atoms with Gasteiger partial charge in [-0.25, -0.2) is 19.7 Å². The number of fused-ring (bicyclic) bond motifs is 4. The Morgan fingerprint density at radius 2 is 2.00 bits per heavy atom. The Bertz CT molecular complexity index is 968. The zero-order valence-corrected chi connectivity index (χ0v) is 16.1. The van der Waals surface area contributed by atoms with E-state index < -0.39 is 30.3 Å². The highest BCUT2D eigenvalue weighted by Gasteiger charge is 2.41. The fourth-order valence-corrected chi connectivity index (χ4v) is 3.64. The van der Waals surface area contributed by atoms with Crippen LogP contribution in [0.1, 0.15) is 30.3 Å². The first-order chi connectivity index (χ1) is 14.2. The molecule has 2 aliphatic rings. The standard InChI is InChI=1S/C19H19F3N6O2/c1-11(19(20,21)22)9-15(29)13-3-4-14-16(25-13)28(12-5-8-27(14)10-12)18(30)26-17-23-6-2-7-24-17/h2-4,6-7,11-12H,5,8-10H2,1H3,(H,23,24,26,30)/t11-,12-/m0/s1. The van der Waals surface area contributed by atoms with E-state index in [1.807, 2.05) is 4.90 Å². The highest BCUT2D eigenvalue weighted by molar-refractivity contribution is 6.04. The third kappa shape index (κ3) is 3.79. The Morgan fingerprint density at radius 3 is 2.70 bits per heavy atom. The van der Waals surface area contributed by atoms with Crippen molar-refractivity contribution in [1.82, 2.24) is 15.0 Å². The largest absolute Gasteiger partial charge is 0.391 e. The lowest BCUT2D eigenvalue weighted by Gasteiger charge is -2.35. The fraction of sp³-hybridized carbons (Fsp3) is 0.421. The summed E-state index contributed by atoms with van der Waals surface area (Å²) in [5.41, 5.74) is 0.564. The summed E-state index contributed by atoms with van der Waals surface area (Å²) in [5, 5.41) is 2.61. The molecular formula is C19H19F3N6O2. The third-order valence-corrected chi connectivity index (χ3v) is 5.29. The molecule has 4 heterocycles. The SMILES string of the molecule is C[C@@H](CC(=O)c1ccc2c(n1)N(C(=O)Nc1ncccn1)[C@H]1CCN2C1)C(F)(F)F. The molecule has 11 heteroatoms. The van der Waals surface area contributed by atoms with Gasteiger partial charge in [0.05, 0.1) is 17.6 Å². The molecule has 2 aliphatic heterocycles. The minimum absolute atomic E-state index is 0.0962. The van der Waals surface area contributed by atoms with Gasteiger partial charge in [-0.15, -0.1) is 0 Å². The normalized spacial score (nSPS) is 18.7. The average Bonchev–Trinajstić information content (AvgIpc) is 3.12. The monoisotopic (exact) mass is 420 g/mol. The minimum Gasteiger partial charge on any atom is -0.366 e. The number of amides is 2. The van der Waals surface area contributed by atoms with Gasteiger partial charge < -0.3 is 4.90 Å². The molecular weight excluding hydrogens is 401 g/mol. The number of ketones is 1. The van der Waals surface area contributed by atoms with Gasteiger partial charge >= 0.3 is 12.2 Å². The molecule has 0 saturated carbocycles. The molecule has 4 rings (SSSR count). The topological polar surface area (TPSA) is 91.3 Å². The maximum atomic E-state index is 13.0. The summed E-state index contributed by atoms with van der Waals surface area (Å²) in [6.45, 7) is 2.28. The van der Waals surface area contributed by atoms with Crippen LogP contribution in [0.4, 0.5) is 35.4 Å². The Hall–Kier alpha value is -3.24. The van der Waals surface area contributed by atoms with Crippen molar-refractivity contribution < 1.29 is 22.8 Å². The summed E-state index contributed by atoms with van der Waals surface area (Å²) in [4.78, 5) is 41.1. The third-order valence-electron chi connectivity index (χ3n) is 5.29. The van der Waals surface area contributed by atoms with Crippen LogP contribution in [0, 0.1) is 5.92 Å². The second-order valence-electron chi connectivity index (χ2n) is 7.37. The first-order valence-electron chi connectivity index (χ1n) is 9.47. The number of carbonyl (C=O) groups excluding carboxylic acids is 2. The molecule has 2 atom stereocenters. The van der Waals surface area contributed by atoms with Gasteiger partial charge in [-0.3, -0.25) is 15.0 Å². The van der Waals surface area contributed by atoms with E-state index in [0.717, 1.165) is 6.92 Å². The summed E-state index contributed by atoms with van der Waals surface area (Å²) in [6.07, 6.45) is -1.49. The predicted molar refractivity (Wildman–Crippen MR) is 103 cm³/mol. The lowest BCUT2D eigenvalue weighted by molar-refractivity contribution is -0.168. The molecule has 0 aliphatic carbocycles. The van der Waals surface area contributed by atoms with E-state index in [9.17, 15) is 22.8 Å². The van der Waals surface area contributed by atoms with Gasteiger partial charge in [0.2, 0.25) is 5.95 Å². The van der Waals surface area contributed by atoms with E-state index in [0.29, 0.717) is 25.2 Å². The quantitative estimate of drug-likeness (QED) is 0.764. The number of urea groups is 1. The number of aromatic nitrogens is 3. The number of nitrogens with one attached hydrogen (secondary N) is 1. The van der Waals surface area contributed by atoms with Gasteiger partial charge in [0.25, 0.3) is 0 Å². The van der Waals surface area contributed by atoms with E-state index >= 15 is 0 Å². The molecule has 0 spiro atoms. The van der Waals surface area contributed by atoms with Gasteiger partial charge in [0, 0.05) is 31.9 Å². The number of hydrogen-bond donors (Lipinski definition) is 1. The number of halogens is 3. The second kappa shape index (κ2) is 7.54. The van der Waals surface area contributed by atoms with Crippen LogP contribution in [-0.2, 0) is 0 Å². The molecule has 8 nitrogen and oxygen atoms in total. The summed E-state index contributed by atoms with van der Waals surface area (Å²) in [7, 11) is 0. The van der Waals surface area contributed by atoms with E-state index in [1.165, 1.54) is 23.4 Å². The van der Waals surface area contributed by atoms with Crippen molar-refractivity contribution >= 4 is 29.3 Å². The maximum Gasteiger partial charge on any atom is 0.391 e. The number of alkyl halides is 3. The van der Waals surface area contributed by atoms with Gasteiger partial charge in [-0.05, 0) is 24.6 Å². The number of hydrogen-bond acceptors (Lipinski definition) is 6. The molecule has 0 unspecified atom stereocenters. The summed E-state index contributed by atoms with van der Waals surface area (Å²) in [6, 6.07) is 3.98. The molecule has 1 N–H and O–H groups in total. The van der Waals surface area contributed by atoms with E-state index in [2.05, 4.69) is 20.3 Å². The number of nitrogens with zero attached hydrogens (tertiary/aromatic N) is 5. The van der Waals surface area contributed by atoms with E-state index in [-0.39, 0.29) is 23.5 Å². The van der Waals surface area contributed by atoms with E-state index in [4.69, 9.17) is 0 Å². The van der Waals surface area contributed by atoms with Gasteiger partial charge in [0.15, 0.2) is 11.6 Å². The van der Waals surface area contributed by atoms with Gasteiger partial charge in [-0.2, -0.15) is 13.2 Å². The molecule has 2 bridgehead atoms. The van der Waals surface area contributed by atoms with Crippen molar-refractivity contribution in [1.29, 1.82) is 0 Å². The maximum absolute atomic E-state index is 13.0. The lowest BCUT2D eigenvalue weighted by atomic mass is 10.0. The first-order valence-corrected chi connectivity index (χ1v) is 9.47. The Morgan fingerprint density at radius 1 is 1.27 bits per heavy atom. The number of Topliss-reactive ketones (excluding diaryl/α,β-unsaturated/α-hetero) is 1. The Labute approximate surface area is 170 Å². The number of anilines is 3. The average molecular weight is 420 g/mol. The van der Waals surface area contributed by atoms with E-state index in [1.54, 1.807) is 12.1 Å².